The standard InChI is InChI=1S/C13H13ClN2O/c14-7-10-1-3-12(4-2-10)13(17)16-9-11-5-6-15-8-11/h1-6,8,15H,7,9H2,(H,16,17). The van der Waals surface area contributed by atoms with Crippen molar-refractivity contribution in [3.63, 3.8) is 0 Å². The Kier molecular flexibility index (Phi) is 3.83. The number of nitrogens with one attached hydrogen (secondary N) is 2. The highest BCUT2D eigenvalue weighted by Gasteiger charge is 2.04. The number of halogens is 1. The van der Waals surface area contributed by atoms with E-state index in [9.17, 15) is 4.79 Å². The van der Waals surface area contributed by atoms with Crippen LogP contribution in [0.2, 0.25) is 0 Å². The van der Waals surface area contributed by atoms with Crippen LogP contribution in [0.3, 0.4) is 0 Å². The molecule has 3 nitrogen and oxygen atoms in total. The van der Waals surface area contributed by atoms with Gasteiger partial charge in [0.1, 0.15) is 0 Å². The van der Waals surface area contributed by atoms with Gasteiger partial charge in [0.15, 0.2) is 0 Å². The van der Waals surface area contributed by atoms with Crippen molar-refractivity contribution in [2.45, 2.75) is 12.4 Å². The molecule has 0 fully saturated rings. The first-order valence-corrected chi connectivity index (χ1v) is 5.88. The molecule has 1 amide bonds. The smallest absolute Gasteiger partial charge is 0.251 e. The number of hydrogen-bond acceptors (Lipinski definition) is 1. The minimum absolute atomic E-state index is 0.0766. The van der Waals surface area contributed by atoms with Crippen LogP contribution in [0.25, 0.3) is 0 Å². The largest absolute Gasteiger partial charge is 0.367 e. The molecule has 0 spiro atoms. The SMILES string of the molecule is O=C(NCc1cc[nH]c1)c1ccc(CCl)cc1. The lowest BCUT2D eigenvalue weighted by molar-refractivity contribution is 0.0951. The quantitative estimate of drug-likeness (QED) is 0.803. The highest BCUT2D eigenvalue weighted by atomic mass is 35.5. The number of alkyl halides is 1. The average Bonchev–Trinajstić information content (AvgIpc) is 2.89. The van der Waals surface area contributed by atoms with Crippen molar-refractivity contribution in [1.29, 1.82) is 0 Å². The van der Waals surface area contributed by atoms with Gasteiger partial charge < -0.3 is 10.3 Å². The van der Waals surface area contributed by atoms with Gasteiger partial charge in [0.05, 0.1) is 0 Å². The Hall–Kier alpha value is -1.74. The number of hydrogen-bond donors (Lipinski definition) is 2. The highest BCUT2D eigenvalue weighted by molar-refractivity contribution is 6.17. The van der Waals surface area contributed by atoms with E-state index in [-0.39, 0.29) is 5.91 Å². The number of benzene rings is 1. The first-order valence-electron chi connectivity index (χ1n) is 5.34. The minimum atomic E-state index is -0.0766. The lowest BCUT2D eigenvalue weighted by Crippen LogP contribution is -2.22. The zero-order chi connectivity index (χ0) is 12.1. The maximum Gasteiger partial charge on any atom is 0.251 e. The van der Waals surface area contributed by atoms with Gasteiger partial charge in [-0.15, -0.1) is 11.6 Å². The first kappa shape index (κ1) is 11.7. The summed E-state index contributed by atoms with van der Waals surface area (Å²) >= 11 is 5.68. The van der Waals surface area contributed by atoms with Crippen LogP contribution in [0.5, 0.6) is 0 Å². The van der Waals surface area contributed by atoms with E-state index in [1.165, 1.54) is 0 Å². The Morgan fingerprint density at radius 2 is 1.94 bits per heavy atom. The van der Waals surface area contributed by atoms with Gasteiger partial charge in [0, 0.05) is 30.4 Å². The van der Waals surface area contributed by atoms with E-state index in [2.05, 4.69) is 10.3 Å². The maximum atomic E-state index is 11.8. The van der Waals surface area contributed by atoms with Crippen molar-refractivity contribution in [2.75, 3.05) is 0 Å². The van der Waals surface area contributed by atoms with Gasteiger partial charge in [0.25, 0.3) is 5.91 Å². The molecule has 0 radical (unpaired) electrons. The molecule has 1 aromatic heterocycles. The number of H-pyrrole nitrogens is 1. The number of rotatable bonds is 4. The molecule has 2 aromatic rings. The molecule has 0 aliphatic heterocycles. The van der Waals surface area contributed by atoms with Crippen LogP contribution in [0.15, 0.2) is 42.7 Å². The Balaban J connectivity index is 1.95. The summed E-state index contributed by atoms with van der Waals surface area (Å²) in [5.74, 6) is 0.387. The van der Waals surface area contributed by atoms with Gasteiger partial charge in [-0.3, -0.25) is 4.79 Å². The fourth-order valence-corrected chi connectivity index (χ4v) is 1.68. The van der Waals surface area contributed by atoms with Crippen LogP contribution in [-0.2, 0) is 12.4 Å². The summed E-state index contributed by atoms with van der Waals surface area (Å²) in [6.45, 7) is 0.527. The van der Waals surface area contributed by atoms with Crippen molar-refractivity contribution >= 4 is 17.5 Å². The van der Waals surface area contributed by atoms with E-state index in [1.807, 2.05) is 30.6 Å². The normalized spacial score (nSPS) is 10.2. The Bertz CT molecular complexity index is 477. The predicted octanol–water partition coefficient (Wildman–Crippen LogP) is 2.68. The Morgan fingerprint density at radius 3 is 2.53 bits per heavy atom. The summed E-state index contributed by atoms with van der Waals surface area (Å²) in [5.41, 5.74) is 2.71. The van der Waals surface area contributed by atoms with Crippen LogP contribution >= 0.6 is 11.6 Å². The van der Waals surface area contributed by atoms with Crippen LogP contribution in [-0.4, -0.2) is 10.9 Å². The van der Waals surface area contributed by atoms with Crippen molar-refractivity contribution in [2.24, 2.45) is 0 Å². The monoisotopic (exact) mass is 248 g/mol. The molecule has 0 bridgehead atoms. The summed E-state index contributed by atoms with van der Waals surface area (Å²) in [5, 5.41) is 2.85. The molecule has 2 N–H and O–H groups in total. The zero-order valence-electron chi connectivity index (χ0n) is 9.24. The lowest BCUT2D eigenvalue weighted by atomic mass is 10.1. The maximum absolute atomic E-state index is 11.8. The number of carbonyl (C=O) groups is 1. The second-order valence-electron chi connectivity index (χ2n) is 3.73. The molecule has 0 aliphatic rings. The van der Waals surface area contributed by atoms with Gasteiger partial charge in [-0.25, -0.2) is 0 Å². The molecular formula is C13H13ClN2O. The predicted molar refractivity (Wildman–Crippen MR) is 68.0 cm³/mol. The van der Waals surface area contributed by atoms with Crippen LogP contribution < -0.4 is 5.32 Å². The fourth-order valence-electron chi connectivity index (χ4n) is 1.50. The fraction of sp³-hybridized carbons (Fsp3) is 0.154. The zero-order valence-corrected chi connectivity index (χ0v) is 10.00. The Morgan fingerprint density at radius 1 is 1.18 bits per heavy atom. The summed E-state index contributed by atoms with van der Waals surface area (Å²) in [6.07, 6.45) is 3.69. The average molecular weight is 249 g/mol. The van der Waals surface area contributed by atoms with Gasteiger partial charge in [0.2, 0.25) is 0 Å². The molecule has 0 unspecified atom stereocenters. The first-order chi connectivity index (χ1) is 8.29. The molecule has 1 heterocycles. The van der Waals surface area contributed by atoms with Gasteiger partial charge in [-0.1, -0.05) is 12.1 Å². The molecule has 0 atom stereocenters. The van der Waals surface area contributed by atoms with Crippen LogP contribution in [0, 0.1) is 0 Å². The van der Waals surface area contributed by atoms with E-state index >= 15 is 0 Å². The number of amides is 1. The molecular weight excluding hydrogens is 236 g/mol. The molecule has 1 aromatic carbocycles. The summed E-state index contributed by atoms with van der Waals surface area (Å²) in [4.78, 5) is 14.7. The van der Waals surface area contributed by atoms with E-state index in [0.29, 0.717) is 18.0 Å². The van der Waals surface area contributed by atoms with Gasteiger partial charge in [-0.2, -0.15) is 0 Å². The molecule has 88 valence electrons. The van der Waals surface area contributed by atoms with Crippen LogP contribution in [0.1, 0.15) is 21.5 Å². The third-order valence-corrected chi connectivity index (χ3v) is 2.79. The van der Waals surface area contributed by atoms with E-state index < -0.39 is 0 Å². The minimum Gasteiger partial charge on any atom is -0.367 e. The van der Waals surface area contributed by atoms with Crippen molar-refractivity contribution < 1.29 is 4.79 Å². The van der Waals surface area contributed by atoms with E-state index in [4.69, 9.17) is 11.6 Å². The molecule has 0 aliphatic carbocycles. The highest BCUT2D eigenvalue weighted by Crippen LogP contribution is 2.07. The molecule has 2 rings (SSSR count). The number of aromatic amines is 1. The lowest BCUT2D eigenvalue weighted by Gasteiger charge is -2.04. The van der Waals surface area contributed by atoms with Crippen LogP contribution in [0.4, 0.5) is 0 Å². The van der Waals surface area contributed by atoms with Crippen molar-refractivity contribution in [3.05, 3.63) is 59.4 Å². The summed E-state index contributed by atoms with van der Waals surface area (Å²) in [6, 6.07) is 9.21. The number of aromatic nitrogens is 1. The summed E-state index contributed by atoms with van der Waals surface area (Å²) < 4.78 is 0. The Labute approximate surface area is 105 Å². The van der Waals surface area contributed by atoms with Gasteiger partial charge >= 0.3 is 0 Å². The third kappa shape index (κ3) is 3.11. The van der Waals surface area contributed by atoms with E-state index in [1.54, 1.807) is 12.1 Å². The second-order valence-corrected chi connectivity index (χ2v) is 4.00. The topological polar surface area (TPSA) is 44.9 Å². The van der Waals surface area contributed by atoms with Crippen molar-refractivity contribution in [3.8, 4) is 0 Å². The second kappa shape index (κ2) is 5.55. The molecule has 4 heteroatoms. The molecule has 17 heavy (non-hydrogen) atoms. The van der Waals surface area contributed by atoms with Gasteiger partial charge in [-0.05, 0) is 29.3 Å². The molecule has 0 saturated heterocycles. The van der Waals surface area contributed by atoms with Crippen molar-refractivity contribution in [1.82, 2.24) is 10.3 Å². The summed E-state index contributed by atoms with van der Waals surface area (Å²) in [7, 11) is 0. The molecule has 0 saturated carbocycles. The van der Waals surface area contributed by atoms with E-state index in [0.717, 1.165) is 11.1 Å². The number of carbonyl (C=O) groups excluding carboxylic acids is 1. The third-order valence-electron chi connectivity index (χ3n) is 2.49.